The summed E-state index contributed by atoms with van der Waals surface area (Å²) in [4.78, 5) is 45.0. The third-order valence-electron chi connectivity index (χ3n) is 10.3. The Labute approximate surface area is 298 Å². The van der Waals surface area contributed by atoms with Crippen LogP contribution >= 0.6 is 11.3 Å². The normalized spacial score (nSPS) is 18.8. The minimum atomic E-state index is -0.430. The lowest BCUT2D eigenvalue weighted by atomic mass is 9.93. The van der Waals surface area contributed by atoms with Crippen LogP contribution in [0.15, 0.2) is 83.6 Å². The van der Waals surface area contributed by atoms with Gasteiger partial charge in [0.1, 0.15) is 11.6 Å². The molecule has 3 aliphatic heterocycles. The Kier molecular flexibility index (Phi) is 8.99. The highest BCUT2D eigenvalue weighted by Crippen LogP contribution is 2.46. The molecular formula is C40H38FN5O4S. The Morgan fingerprint density at radius 2 is 1.92 bits per heavy atom. The number of nitrogens with zero attached hydrogens (tertiary/aromatic N) is 3. The maximum Gasteiger partial charge on any atom is 0.250 e. The second-order valence-corrected chi connectivity index (χ2v) is 14.4. The fourth-order valence-electron chi connectivity index (χ4n) is 7.58. The molecule has 260 valence electrons. The Hall–Kier alpha value is -5.13. The van der Waals surface area contributed by atoms with Gasteiger partial charge in [0.2, 0.25) is 11.8 Å². The molecule has 0 spiro atoms. The molecule has 2 fully saturated rings. The summed E-state index contributed by atoms with van der Waals surface area (Å²) in [5, 5.41) is 9.31. The SMILES string of the molecule is C=CC(=O)N1CCC(n2cc(-c3nc(-c4ccc5c(c4)CCNC5)c4ccsc4c3-c3ccc(F)cc3OCC3CCNC(=O)C3)ccc2=O)C1. The highest BCUT2D eigenvalue weighted by molar-refractivity contribution is 7.18. The number of piperidine rings is 1. The molecule has 2 unspecified atom stereocenters. The summed E-state index contributed by atoms with van der Waals surface area (Å²) < 4.78 is 24.0. The number of fused-ring (bicyclic) bond motifs is 2. The number of thiophene rings is 1. The third kappa shape index (κ3) is 6.47. The summed E-state index contributed by atoms with van der Waals surface area (Å²) in [6.45, 7) is 7.17. The van der Waals surface area contributed by atoms with Crippen molar-refractivity contribution in [3.8, 4) is 39.4 Å². The van der Waals surface area contributed by atoms with Gasteiger partial charge < -0.3 is 24.8 Å². The van der Waals surface area contributed by atoms with E-state index in [2.05, 4.69) is 41.5 Å². The molecule has 2 N–H and O–H groups in total. The van der Waals surface area contributed by atoms with Gasteiger partial charge in [0.15, 0.2) is 0 Å². The van der Waals surface area contributed by atoms with Gasteiger partial charge >= 0.3 is 0 Å². The smallest absolute Gasteiger partial charge is 0.250 e. The first kappa shape index (κ1) is 33.0. The average molecular weight is 704 g/mol. The minimum Gasteiger partial charge on any atom is -0.493 e. The molecule has 0 bridgehead atoms. The van der Waals surface area contributed by atoms with Crippen molar-refractivity contribution in [2.75, 3.05) is 32.8 Å². The number of ether oxygens (including phenoxy) is 1. The van der Waals surface area contributed by atoms with Gasteiger partial charge in [-0.2, -0.15) is 0 Å². The van der Waals surface area contributed by atoms with Crippen LogP contribution in [0.1, 0.15) is 36.4 Å². The lowest BCUT2D eigenvalue weighted by Crippen LogP contribution is -2.35. The molecule has 8 rings (SSSR count). The van der Waals surface area contributed by atoms with E-state index in [0.29, 0.717) is 49.5 Å². The second-order valence-electron chi connectivity index (χ2n) is 13.5. The molecule has 51 heavy (non-hydrogen) atoms. The lowest BCUT2D eigenvalue weighted by Gasteiger charge is -2.23. The van der Waals surface area contributed by atoms with E-state index >= 15 is 0 Å². The average Bonchev–Trinajstić information content (AvgIpc) is 3.85. The van der Waals surface area contributed by atoms with E-state index in [1.54, 1.807) is 39.0 Å². The number of carbonyl (C=O) groups is 2. The quantitative estimate of drug-likeness (QED) is 0.189. The summed E-state index contributed by atoms with van der Waals surface area (Å²) in [5.41, 5.74) is 7.04. The number of carbonyl (C=O) groups excluding carboxylic acids is 2. The van der Waals surface area contributed by atoms with Crippen LogP contribution in [0.3, 0.4) is 0 Å². The zero-order chi connectivity index (χ0) is 35.1. The molecule has 0 radical (unpaired) electrons. The number of hydrogen-bond acceptors (Lipinski definition) is 7. The molecule has 11 heteroatoms. The lowest BCUT2D eigenvalue weighted by molar-refractivity contribution is -0.125. The standard InChI is InChI=1S/C40H38FN5O4S/c1-2-35(48)45-15-11-30(22-45)46-21-28(5-8-36(46)49)39-37(31-7-6-29(41)19-33(31)50-23-24-9-14-43-34(47)17-24)40-32(12-16-51-40)38(44-39)26-3-4-27-20-42-13-10-25(27)18-26/h2-8,12,16,18-19,21,24,30,42H,1,9-11,13-15,17,20,22-23H2,(H,43,47). The first-order chi connectivity index (χ1) is 24.9. The van der Waals surface area contributed by atoms with Crippen LogP contribution in [0.4, 0.5) is 4.39 Å². The van der Waals surface area contributed by atoms with Crippen molar-refractivity contribution in [1.82, 2.24) is 25.1 Å². The number of aromatic nitrogens is 2. The molecule has 3 aromatic heterocycles. The fraction of sp³-hybridized carbons (Fsp3) is 0.300. The van der Waals surface area contributed by atoms with Gasteiger partial charge in [0.25, 0.3) is 5.56 Å². The van der Waals surface area contributed by atoms with Crippen molar-refractivity contribution in [3.63, 3.8) is 0 Å². The third-order valence-corrected chi connectivity index (χ3v) is 11.2. The molecule has 2 saturated heterocycles. The molecule has 2 amide bonds. The van der Waals surface area contributed by atoms with Gasteiger partial charge in [-0.15, -0.1) is 11.3 Å². The van der Waals surface area contributed by atoms with Crippen molar-refractivity contribution in [2.24, 2.45) is 5.92 Å². The number of rotatable bonds is 8. The molecule has 2 atom stereocenters. The Bertz CT molecular complexity index is 2250. The van der Waals surface area contributed by atoms with E-state index in [1.807, 2.05) is 11.6 Å². The highest BCUT2D eigenvalue weighted by atomic mass is 32.1. The van der Waals surface area contributed by atoms with Crippen molar-refractivity contribution in [3.05, 3.63) is 106 Å². The Morgan fingerprint density at radius 3 is 2.78 bits per heavy atom. The van der Waals surface area contributed by atoms with Crippen LogP contribution in [-0.2, 0) is 22.6 Å². The summed E-state index contributed by atoms with van der Waals surface area (Å²) in [6, 6.07) is 16.3. The number of hydrogen-bond donors (Lipinski definition) is 2. The van der Waals surface area contributed by atoms with Crippen molar-refractivity contribution in [2.45, 2.75) is 38.3 Å². The van der Waals surface area contributed by atoms with Crippen LogP contribution in [0.5, 0.6) is 5.75 Å². The number of halogens is 1. The maximum absolute atomic E-state index is 14.9. The van der Waals surface area contributed by atoms with E-state index in [4.69, 9.17) is 9.72 Å². The zero-order valence-corrected chi connectivity index (χ0v) is 28.9. The van der Waals surface area contributed by atoms with Crippen LogP contribution in [0.2, 0.25) is 0 Å². The molecule has 3 aliphatic rings. The van der Waals surface area contributed by atoms with Crippen molar-refractivity contribution in [1.29, 1.82) is 0 Å². The summed E-state index contributed by atoms with van der Waals surface area (Å²) in [7, 11) is 0. The molecule has 6 heterocycles. The van der Waals surface area contributed by atoms with Crippen molar-refractivity contribution >= 4 is 33.2 Å². The van der Waals surface area contributed by atoms with Gasteiger partial charge in [0, 0.05) is 89.2 Å². The monoisotopic (exact) mass is 703 g/mol. The second kappa shape index (κ2) is 13.9. The number of likely N-dealkylation sites (tertiary alicyclic amines) is 1. The first-order valence-electron chi connectivity index (χ1n) is 17.4. The van der Waals surface area contributed by atoms with E-state index in [-0.39, 0.29) is 35.9 Å². The minimum absolute atomic E-state index is 0.00973. The van der Waals surface area contributed by atoms with Crippen LogP contribution in [-0.4, -0.2) is 59.1 Å². The van der Waals surface area contributed by atoms with Gasteiger partial charge in [-0.05, 0) is 78.7 Å². The van der Waals surface area contributed by atoms with E-state index in [0.717, 1.165) is 58.4 Å². The number of benzene rings is 2. The maximum atomic E-state index is 14.9. The topological polar surface area (TPSA) is 106 Å². The van der Waals surface area contributed by atoms with Crippen LogP contribution in [0.25, 0.3) is 43.7 Å². The number of amides is 2. The predicted molar refractivity (Wildman–Crippen MR) is 197 cm³/mol. The largest absolute Gasteiger partial charge is 0.493 e. The number of nitrogens with one attached hydrogen (secondary N) is 2. The van der Waals surface area contributed by atoms with Crippen molar-refractivity contribution < 1.29 is 18.7 Å². The Balaban J connectivity index is 1.30. The molecule has 9 nitrogen and oxygen atoms in total. The molecule has 2 aromatic carbocycles. The van der Waals surface area contributed by atoms with Gasteiger partial charge in [-0.25, -0.2) is 9.37 Å². The van der Waals surface area contributed by atoms with E-state index < -0.39 is 5.82 Å². The molecular weight excluding hydrogens is 666 g/mol. The van der Waals surface area contributed by atoms with E-state index in [1.165, 1.54) is 29.3 Å². The van der Waals surface area contributed by atoms with Gasteiger partial charge in [0.05, 0.1) is 24.0 Å². The van der Waals surface area contributed by atoms with E-state index in [9.17, 15) is 18.8 Å². The zero-order valence-electron chi connectivity index (χ0n) is 28.1. The molecule has 0 aliphatic carbocycles. The molecule has 0 saturated carbocycles. The summed E-state index contributed by atoms with van der Waals surface area (Å²) in [5.74, 6) is -0.212. The van der Waals surface area contributed by atoms with Crippen LogP contribution < -0.4 is 20.9 Å². The number of pyridine rings is 2. The Morgan fingerprint density at radius 1 is 1.04 bits per heavy atom. The summed E-state index contributed by atoms with van der Waals surface area (Å²) in [6.07, 6.45) is 5.85. The fourth-order valence-corrected chi connectivity index (χ4v) is 8.54. The summed E-state index contributed by atoms with van der Waals surface area (Å²) >= 11 is 1.58. The van der Waals surface area contributed by atoms with Crippen LogP contribution in [0, 0.1) is 11.7 Å². The highest BCUT2D eigenvalue weighted by Gasteiger charge is 2.29. The van der Waals surface area contributed by atoms with Gasteiger partial charge in [-0.1, -0.05) is 18.7 Å². The van der Waals surface area contributed by atoms with Gasteiger partial charge in [-0.3, -0.25) is 14.4 Å². The molecule has 5 aromatic rings. The predicted octanol–water partition coefficient (Wildman–Crippen LogP) is 6.11. The first-order valence-corrected chi connectivity index (χ1v) is 18.3.